The van der Waals surface area contributed by atoms with E-state index in [0.29, 0.717) is 18.7 Å². The summed E-state index contributed by atoms with van der Waals surface area (Å²) < 4.78 is 19.6. The Balaban J connectivity index is 1.77. The molecule has 1 aliphatic rings. The molecule has 1 heterocycles. The minimum absolute atomic E-state index is 0.193. The van der Waals surface area contributed by atoms with Crippen molar-refractivity contribution in [1.29, 1.82) is 0 Å². The van der Waals surface area contributed by atoms with Crippen LogP contribution in [0.25, 0.3) is 6.08 Å². The summed E-state index contributed by atoms with van der Waals surface area (Å²) in [6.07, 6.45) is 3.32. The van der Waals surface area contributed by atoms with Crippen LogP contribution >= 0.6 is 0 Å². The summed E-state index contributed by atoms with van der Waals surface area (Å²) in [7, 11) is 0. The van der Waals surface area contributed by atoms with E-state index in [-0.39, 0.29) is 18.0 Å². The van der Waals surface area contributed by atoms with E-state index in [1.807, 2.05) is 45.0 Å². The largest absolute Gasteiger partial charge is 0.444 e. The second kappa shape index (κ2) is 9.23. The molecular formula is C24H29FN2O2. The highest BCUT2D eigenvalue weighted by Gasteiger charge is 2.32. The fourth-order valence-electron chi connectivity index (χ4n) is 3.39. The average molecular weight is 397 g/mol. The first kappa shape index (κ1) is 21.1. The molecule has 1 fully saturated rings. The number of piperazine rings is 1. The zero-order valence-electron chi connectivity index (χ0n) is 17.3. The van der Waals surface area contributed by atoms with Crippen molar-refractivity contribution in [3.05, 3.63) is 77.6 Å². The summed E-state index contributed by atoms with van der Waals surface area (Å²) in [5, 5.41) is 0. The minimum Gasteiger partial charge on any atom is -0.444 e. The van der Waals surface area contributed by atoms with Gasteiger partial charge in [0.15, 0.2) is 0 Å². The normalized spacial score (nSPS) is 18.2. The van der Waals surface area contributed by atoms with Gasteiger partial charge in [-0.05, 0) is 32.4 Å². The molecular weight excluding hydrogens is 367 g/mol. The van der Waals surface area contributed by atoms with Gasteiger partial charge in [-0.25, -0.2) is 9.18 Å². The number of rotatable bonds is 4. The highest BCUT2D eigenvalue weighted by molar-refractivity contribution is 5.69. The van der Waals surface area contributed by atoms with Crippen molar-refractivity contribution in [3.63, 3.8) is 0 Å². The number of halogens is 1. The molecule has 154 valence electrons. The van der Waals surface area contributed by atoms with Gasteiger partial charge in [-0.15, -0.1) is 0 Å². The molecule has 4 nitrogen and oxygen atoms in total. The van der Waals surface area contributed by atoms with Gasteiger partial charge in [0.1, 0.15) is 11.4 Å². The van der Waals surface area contributed by atoms with E-state index in [4.69, 9.17) is 4.74 Å². The van der Waals surface area contributed by atoms with Gasteiger partial charge in [0.25, 0.3) is 0 Å². The first-order chi connectivity index (χ1) is 13.8. The fourth-order valence-corrected chi connectivity index (χ4v) is 3.39. The van der Waals surface area contributed by atoms with Crippen LogP contribution in [0.2, 0.25) is 0 Å². The SMILES string of the molecule is CC(C)(C)OC(=O)N1CCN(Cc2ccccc2)C[C@H]1C=Cc1ccccc1F. The summed E-state index contributed by atoms with van der Waals surface area (Å²) in [6, 6.07) is 16.7. The van der Waals surface area contributed by atoms with Crippen molar-refractivity contribution in [3.8, 4) is 0 Å². The maximum atomic E-state index is 14.0. The molecule has 1 saturated heterocycles. The summed E-state index contributed by atoms with van der Waals surface area (Å²) in [5.74, 6) is -0.274. The molecule has 1 aliphatic heterocycles. The molecule has 0 aliphatic carbocycles. The maximum absolute atomic E-state index is 14.0. The monoisotopic (exact) mass is 396 g/mol. The molecule has 2 aromatic rings. The lowest BCUT2D eigenvalue weighted by atomic mass is 10.1. The predicted octanol–water partition coefficient (Wildman–Crippen LogP) is 4.96. The molecule has 3 rings (SSSR count). The molecule has 1 amide bonds. The Morgan fingerprint density at radius 3 is 2.48 bits per heavy atom. The Hall–Kier alpha value is -2.66. The molecule has 2 aromatic carbocycles. The van der Waals surface area contributed by atoms with Gasteiger partial charge in [-0.1, -0.05) is 60.7 Å². The van der Waals surface area contributed by atoms with Gasteiger partial charge < -0.3 is 4.74 Å². The molecule has 0 unspecified atom stereocenters. The third-order valence-corrected chi connectivity index (χ3v) is 4.78. The second-order valence-corrected chi connectivity index (χ2v) is 8.34. The van der Waals surface area contributed by atoms with Crippen molar-refractivity contribution in [2.75, 3.05) is 19.6 Å². The van der Waals surface area contributed by atoms with Gasteiger partial charge in [0.2, 0.25) is 0 Å². The van der Waals surface area contributed by atoms with Crippen LogP contribution in [0.1, 0.15) is 31.9 Å². The van der Waals surface area contributed by atoms with Gasteiger partial charge in [-0.2, -0.15) is 0 Å². The van der Waals surface area contributed by atoms with Crippen LogP contribution in [0.3, 0.4) is 0 Å². The first-order valence-corrected chi connectivity index (χ1v) is 10.0. The van der Waals surface area contributed by atoms with Crippen molar-refractivity contribution >= 4 is 12.2 Å². The second-order valence-electron chi connectivity index (χ2n) is 8.34. The highest BCUT2D eigenvalue weighted by atomic mass is 19.1. The number of carbonyl (C=O) groups excluding carboxylic acids is 1. The Morgan fingerprint density at radius 1 is 1.10 bits per heavy atom. The van der Waals surface area contributed by atoms with Crippen LogP contribution in [0.4, 0.5) is 9.18 Å². The van der Waals surface area contributed by atoms with Crippen molar-refractivity contribution in [2.45, 2.75) is 39.0 Å². The number of hydrogen-bond acceptors (Lipinski definition) is 3. The molecule has 0 spiro atoms. The molecule has 0 aromatic heterocycles. The van der Waals surface area contributed by atoms with Gasteiger partial charge in [0.05, 0.1) is 6.04 Å². The maximum Gasteiger partial charge on any atom is 0.410 e. The molecule has 5 heteroatoms. The lowest BCUT2D eigenvalue weighted by Gasteiger charge is -2.40. The van der Waals surface area contributed by atoms with Crippen LogP contribution in [-0.2, 0) is 11.3 Å². The zero-order chi connectivity index (χ0) is 20.9. The lowest BCUT2D eigenvalue weighted by molar-refractivity contribution is 0.00470. The Morgan fingerprint density at radius 2 is 1.79 bits per heavy atom. The summed E-state index contributed by atoms with van der Waals surface area (Å²) in [5.41, 5.74) is 1.18. The van der Waals surface area contributed by atoms with E-state index in [1.54, 1.807) is 29.2 Å². The first-order valence-electron chi connectivity index (χ1n) is 10.0. The third-order valence-electron chi connectivity index (χ3n) is 4.78. The van der Waals surface area contributed by atoms with Crippen LogP contribution in [0.5, 0.6) is 0 Å². The molecule has 1 atom stereocenters. The lowest BCUT2D eigenvalue weighted by Crippen LogP contribution is -2.55. The topological polar surface area (TPSA) is 32.8 Å². The van der Waals surface area contributed by atoms with E-state index in [9.17, 15) is 9.18 Å². The summed E-state index contributed by atoms with van der Waals surface area (Å²) >= 11 is 0. The highest BCUT2D eigenvalue weighted by Crippen LogP contribution is 2.20. The number of carbonyl (C=O) groups is 1. The molecule has 0 saturated carbocycles. The average Bonchev–Trinajstić information content (AvgIpc) is 2.67. The number of hydrogen-bond donors (Lipinski definition) is 0. The Bertz CT molecular complexity index is 845. The predicted molar refractivity (Wildman–Crippen MR) is 114 cm³/mol. The van der Waals surface area contributed by atoms with E-state index < -0.39 is 5.60 Å². The number of benzene rings is 2. The quantitative estimate of drug-likeness (QED) is 0.732. The minimum atomic E-state index is -0.557. The number of ether oxygens (including phenoxy) is 1. The Kier molecular flexibility index (Phi) is 6.70. The van der Waals surface area contributed by atoms with Gasteiger partial charge >= 0.3 is 6.09 Å². The van der Waals surface area contributed by atoms with Crippen LogP contribution < -0.4 is 0 Å². The molecule has 29 heavy (non-hydrogen) atoms. The zero-order valence-corrected chi connectivity index (χ0v) is 17.3. The standard InChI is InChI=1S/C24H29FN2O2/c1-24(2,3)29-23(28)27-16-15-26(17-19-9-5-4-6-10-19)18-21(27)14-13-20-11-7-8-12-22(20)25/h4-14,21H,15-18H2,1-3H3/t21-/m1/s1. The van der Waals surface area contributed by atoms with Crippen molar-refractivity contribution in [2.24, 2.45) is 0 Å². The molecule has 0 N–H and O–H groups in total. The summed E-state index contributed by atoms with van der Waals surface area (Å²) in [6.45, 7) is 8.39. The third kappa shape index (κ3) is 6.16. The van der Waals surface area contributed by atoms with Crippen molar-refractivity contribution < 1.29 is 13.9 Å². The Labute approximate surface area is 172 Å². The molecule has 0 bridgehead atoms. The van der Waals surface area contributed by atoms with Gasteiger partial charge in [0, 0.05) is 31.7 Å². The van der Waals surface area contributed by atoms with Crippen LogP contribution in [0.15, 0.2) is 60.7 Å². The summed E-state index contributed by atoms with van der Waals surface area (Å²) in [4.78, 5) is 16.8. The number of nitrogens with zero attached hydrogens (tertiary/aromatic N) is 2. The van der Waals surface area contributed by atoms with E-state index in [0.717, 1.165) is 13.1 Å². The molecule has 0 radical (unpaired) electrons. The van der Waals surface area contributed by atoms with E-state index in [1.165, 1.54) is 11.6 Å². The van der Waals surface area contributed by atoms with Crippen LogP contribution in [0, 0.1) is 5.82 Å². The van der Waals surface area contributed by atoms with E-state index in [2.05, 4.69) is 17.0 Å². The van der Waals surface area contributed by atoms with E-state index >= 15 is 0 Å². The fraction of sp³-hybridized carbons (Fsp3) is 0.375. The smallest absolute Gasteiger partial charge is 0.410 e. The van der Waals surface area contributed by atoms with Gasteiger partial charge in [-0.3, -0.25) is 9.80 Å². The number of amides is 1. The van der Waals surface area contributed by atoms with Crippen LogP contribution in [-0.4, -0.2) is 47.2 Å². The van der Waals surface area contributed by atoms with Crippen molar-refractivity contribution in [1.82, 2.24) is 9.80 Å².